The van der Waals surface area contributed by atoms with Crippen LogP contribution in [0.15, 0.2) is 62.6 Å². The number of hydrogen-bond donors (Lipinski definition) is 0. The summed E-state index contributed by atoms with van der Waals surface area (Å²) in [6.07, 6.45) is 1.90. The smallest absolute Gasteiger partial charge is 0.408 e. The molecule has 0 aliphatic carbocycles. The molecular weight excluding hydrogens is 434 g/mol. The summed E-state index contributed by atoms with van der Waals surface area (Å²) in [4.78, 5) is 37.9. The van der Waals surface area contributed by atoms with Crippen LogP contribution in [-0.4, -0.2) is 54.2 Å². The molecule has 0 N–H and O–H groups in total. The number of carbonyl (C=O) groups is 2. The van der Waals surface area contributed by atoms with Crippen molar-refractivity contribution < 1.29 is 22.4 Å². The molecule has 1 fully saturated rings. The third-order valence-electron chi connectivity index (χ3n) is 5.44. The third kappa shape index (κ3) is 4.45. The van der Waals surface area contributed by atoms with E-state index in [1.807, 2.05) is 0 Å². The van der Waals surface area contributed by atoms with Gasteiger partial charge in [-0.1, -0.05) is 24.3 Å². The van der Waals surface area contributed by atoms with Gasteiger partial charge in [0.1, 0.15) is 0 Å². The Morgan fingerprint density at radius 3 is 2.31 bits per heavy atom. The van der Waals surface area contributed by atoms with Crippen molar-refractivity contribution >= 4 is 32.8 Å². The van der Waals surface area contributed by atoms with Crippen molar-refractivity contribution in [3.8, 4) is 0 Å². The number of sulfone groups is 1. The van der Waals surface area contributed by atoms with Crippen LogP contribution < -0.4 is 5.76 Å². The second-order valence-corrected chi connectivity index (χ2v) is 9.73. The number of oxazole rings is 1. The highest BCUT2D eigenvalue weighted by Crippen LogP contribution is 2.17. The molecule has 0 saturated carbocycles. The van der Waals surface area contributed by atoms with Gasteiger partial charge in [0, 0.05) is 32.3 Å². The Labute approximate surface area is 184 Å². The number of carbonyl (C=O) groups excluding carboxylic acids is 2. The second-order valence-electron chi connectivity index (χ2n) is 7.72. The first-order valence-corrected chi connectivity index (χ1v) is 12.1. The van der Waals surface area contributed by atoms with Crippen molar-refractivity contribution in [2.45, 2.75) is 30.7 Å². The van der Waals surface area contributed by atoms with E-state index in [-0.39, 0.29) is 36.1 Å². The van der Waals surface area contributed by atoms with E-state index in [4.69, 9.17) is 4.42 Å². The normalized spacial score (nSPS) is 14.3. The number of para-hydroxylation sites is 2. The molecule has 0 radical (unpaired) electrons. The molecule has 1 aromatic heterocycles. The Balaban J connectivity index is 1.41. The van der Waals surface area contributed by atoms with Gasteiger partial charge in [-0.05, 0) is 36.2 Å². The fourth-order valence-corrected chi connectivity index (χ4v) is 4.44. The van der Waals surface area contributed by atoms with E-state index in [9.17, 15) is 22.8 Å². The molecule has 0 unspecified atom stereocenters. The topological polar surface area (TPSA) is 110 Å². The SMILES string of the molecule is CS(=O)(=O)c1ccc(CC(=O)N2CCCN2C(=O)CCn2c(=O)oc3ccccc32)cc1. The highest BCUT2D eigenvalue weighted by molar-refractivity contribution is 7.90. The van der Waals surface area contributed by atoms with Crippen LogP contribution in [0.4, 0.5) is 0 Å². The lowest BCUT2D eigenvalue weighted by Gasteiger charge is -2.28. The fourth-order valence-electron chi connectivity index (χ4n) is 3.81. The molecule has 32 heavy (non-hydrogen) atoms. The van der Waals surface area contributed by atoms with Crippen molar-refractivity contribution in [1.29, 1.82) is 0 Å². The Morgan fingerprint density at radius 1 is 0.969 bits per heavy atom. The highest BCUT2D eigenvalue weighted by Gasteiger charge is 2.30. The van der Waals surface area contributed by atoms with Crippen LogP contribution >= 0.6 is 0 Å². The number of fused-ring (bicyclic) bond motifs is 1. The van der Waals surface area contributed by atoms with Crippen LogP contribution in [0.5, 0.6) is 0 Å². The Hall–Kier alpha value is -3.40. The second kappa shape index (κ2) is 8.62. The van der Waals surface area contributed by atoms with Gasteiger partial charge < -0.3 is 4.42 Å². The molecule has 9 nitrogen and oxygen atoms in total. The first kappa shape index (κ1) is 21.8. The van der Waals surface area contributed by atoms with Gasteiger partial charge in [-0.25, -0.2) is 13.2 Å². The van der Waals surface area contributed by atoms with Crippen LogP contribution in [-0.2, 0) is 32.4 Å². The number of aromatic nitrogens is 1. The van der Waals surface area contributed by atoms with Gasteiger partial charge in [-0.2, -0.15) is 0 Å². The summed E-state index contributed by atoms with van der Waals surface area (Å²) in [5.41, 5.74) is 1.75. The third-order valence-corrected chi connectivity index (χ3v) is 6.57. The number of rotatable bonds is 6. The zero-order valence-corrected chi connectivity index (χ0v) is 18.4. The molecule has 168 valence electrons. The molecule has 0 bridgehead atoms. The molecule has 1 aliphatic heterocycles. The standard InChI is InChI=1S/C22H23N3O6S/c1-32(29,30)17-9-7-16(8-10-17)15-21(27)25-13-4-12-24(25)20(26)11-14-23-18-5-2-3-6-19(18)31-22(23)28/h2-3,5-10H,4,11-15H2,1H3. The molecule has 0 atom stereocenters. The minimum atomic E-state index is -3.30. The zero-order valence-electron chi connectivity index (χ0n) is 17.6. The number of hydrazine groups is 1. The molecule has 2 aromatic carbocycles. The van der Waals surface area contributed by atoms with Gasteiger partial charge in [-0.15, -0.1) is 0 Å². The molecule has 4 rings (SSSR count). The average molecular weight is 458 g/mol. The van der Waals surface area contributed by atoms with E-state index >= 15 is 0 Å². The predicted molar refractivity (Wildman–Crippen MR) is 116 cm³/mol. The number of nitrogens with zero attached hydrogens (tertiary/aromatic N) is 3. The van der Waals surface area contributed by atoms with E-state index in [0.717, 1.165) is 6.26 Å². The van der Waals surface area contributed by atoms with Gasteiger partial charge in [0.2, 0.25) is 11.8 Å². The van der Waals surface area contributed by atoms with E-state index in [1.165, 1.54) is 26.7 Å². The molecular formula is C22H23N3O6S. The maximum atomic E-state index is 12.8. The van der Waals surface area contributed by atoms with Crippen LogP contribution in [0.25, 0.3) is 11.1 Å². The molecule has 3 aromatic rings. The molecule has 1 aliphatic rings. The Bertz CT molecular complexity index is 1320. The van der Waals surface area contributed by atoms with Crippen LogP contribution in [0.1, 0.15) is 18.4 Å². The minimum Gasteiger partial charge on any atom is -0.408 e. The molecule has 2 amide bonds. The van der Waals surface area contributed by atoms with E-state index in [1.54, 1.807) is 36.4 Å². The summed E-state index contributed by atoms with van der Waals surface area (Å²) in [5.74, 6) is -1.01. The monoisotopic (exact) mass is 457 g/mol. The predicted octanol–water partition coefficient (Wildman–Crippen LogP) is 1.61. The van der Waals surface area contributed by atoms with Crippen LogP contribution in [0.2, 0.25) is 0 Å². The summed E-state index contributed by atoms with van der Waals surface area (Å²) in [5, 5.41) is 2.86. The summed E-state index contributed by atoms with van der Waals surface area (Å²) >= 11 is 0. The fraction of sp³-hybridized carbons (Fsp3) is 0.318. The minimum absolute atomic E-state index is 0.0519. The summed E-state index contributed by atoms with van der Waals surface area (Å²) in [6, 6.07) is 13.2. The number of hydrogen-bond acceptors (Lipinski definition) is 6. The average Bonchev–Trinajstić information content (AvgIpc) is 3.36. The zero-order chi connectivity index (χ0) is 22.9. The van der Waals surface area contributed by atoms with Crippen LogP contribution in [0.3, 0.4) is 0 Å². The van der Waals surface area contributed by atoms with E-state index in [2.05, 4.69) is 0 Å². The molecule has 2 heterocycles. The number of amides is 2. The van der Waals surface area contributed by atoms with Gasteiger partial charge in [-0.3, -0.25) is 24.2 Å². The van der Waals surface area contributed by atoms with Crippen molar-refractivity contribution in [3.63, 3.8) is 0 Å². The van der Waals surface area contributed by atoms with Gasteiger partial charge in [0.15, 0.2) is 15.4 Å². The quantitative estimate of drug-likeness (QED) is 0.556. The van der Waals surface area contributed by atoms with E-state index < -0.39 is 15.6 Å². The summed E-state index contributed by atoms with van der Waals surface area (Å²) < 4.78 is 29.8. The Morgan fingerprint density at radius 2 is 1.62 bits per heavy atom. The lowest BCUT2D eigenvalue weighted by molar-refractivity contribution is -0.157. The summed E-state index contributed by atoms with van der Waals surface area (Å²) in [7, 11) is -3.30. The molecule has 0 spiro atoms. The van der Waals surface area contributed by atoms with Crippen molar-refractivity contribution in [2.75, 3.05) is 19.3 Å². The highest BCUT2D eigenvalue weighted by atomic mass is 32.2. The van der Waals surface area contributed by atoms with Crippen molar-refractivity contribution in [2.24, 2.45) is 0 Å². The van der Waals surface area contributed by atoms with Crippen LogP contribution in [0, 0.1) is 0 Å². The first-order chi connectivity index (χ1) is 15.2. The Kier molecular flexibility index (Phi) is 5.88. The van der Waals surface area contributed by atoms with E-state index in [0.29, 0.717) is 36.2 Å². The van der Waals surface area contributed by atoms with Crippen molar-refractivity contribution in [3.05, 3.63) is 64.6 Å². The first-order valence-electron chi connectivity index (χ1n) is 10.2. The number of aryl methyl sites for hydroxylation is 1. The molecule has 10 heteroatoms. The number of benzene rings is 2. The maximum absolute atomic E-state index is 12.8. The van der Waals surface area contributed by atoms with Gasteiger partial charge in [0.05, 0.1) is 16.8 Å². The summed E-state index contributed by atoms with van der Waals surface area (Å²) in [6.45, 7) is 1.01. The maximum Gasteiger partial charge on any atom is 0.419 e. The lowest BCUT2D eigenvalue weighted by Crippen LogP contribution is -2.45. The van der Waals surface area contributed by atoms with Gasteiger partial charge in [0.25, 0.3) is 0 Å². The lowest BCUT2D eigenvalue weighted by atomic mass is 10.1. The molecule has 1 saturated heterocycles. The largest absolute Gasteiger partial charge is 0.419 e. The van der Waals surface area contributed by atoms with Crippen molar-refractivity contribution in [1.82, 2.24) is 14.6 Å². The van der Waals surface area contributed by atoms with Gasteiger partial charge >= 0.3 is 5.76 Å².